The molecule has 1 heterocycles. The van der Waals surface area contributed by atoms with Gasteiger partial charge in [0.05, 0.1) is 11.4 Å². The summed E-state index contributed by atoms with van der Waals surface area (Å²) < 4.78 is 0. The first kappa shape index (κ1) is 11.7. The molecule has 0 atom stereocenters. The third-order valence-electron chi connectivity index (χ3n) is 2.05. The predicted molar refractivity (Wildman–Crippen MR) is 62.0 cm³/mol. The number of aryl methyl sites for hydroxylation is 1. The zero-order valence-electron chi connectivity index (χ0n) is 10.0. The molecule has 0 aliphatic heterocycles. The highest BCUT2D eigenvalue weighted by Crippen LogP contribution is 2.27. The van der Waals surface area contributed by atoms with Gasteiger partial charge in [0.25, 0.3) is 0 Å². The lowest BCUT2D eigenvalue weighted by Crippen LogP contribution is -2.18. The van der Waals surface area contributed by atoms with E-state index in [2.05, 4.69) is 31.1 Å². The first-order valence-corrected chi connectivity index (χ1v) is 5.05. The standard InChI is InChI=1S/C12H18N2O/c1-8-6-10(14-9(2)15)11(13-7-8)12(3,4)5/h6-7H,1-5H3,(H,14,15). The third kappa shape index (κ3) is 3.05. The van der Waals surface area contributed by atoms with Gasteiger partial charge in [0.2, 0.25) is 5.91 Å². The first-order chi connectivity index (χ1) is 6.80. The SMILES string of the molecule is CC(=O)Nc1cc(C)cnc1C(C)(C)C. The van der Waals surface area contributed by atoms with E-state index in [9.17, 15) is 4.79 Å². The summed E-state index contributed by atoms with van der Waals surface area (Å²) in [5.41, 5.74) is 2.72. The summed E-state index contributed by atoms with van der Waals surface area (Å²) >= 11 is 0. The van der Waals surface area contributed by atoms with Crippen molar-refractivity contribution in [3.05, 3.63) is 23.5 Å². The molecule has 0 aromatic carbocycles. The van der Waals surface area contributed by atoms with E-state index in [0.717, 1.165) is 16.9 Å². The van der Waals surface area contributed by atoms with Crippen molar-refractivity contribution in [2.75, 3.05) is 5.32 Å². The summed E-state index contributed by atoms with van der Waals surface area (Å²) in [5, 5.41) is 2.82. The Bertz CT molecular complexity index is 378. The molecule has 0 unspecified atom stereocenters. The normalized spacial score (nSPS) is 11.3. The molecule has 3 nitrogen and oxygen atoms in total. The van der Waals surface area contributed by atoms with Crippen LogP contribution in [0.25, 0.3) is 0 Å². The van der Waals surface area contributed by atoms with Crippen LogP contribution in [0.3, 0.4) is 0 Å². The van der Waals surface area contributed by atoms with Gasteiger partial charge < -0.3 is 5.32 Å². The Balaban J connectivity index is 3.20. The van der Waals surface area contributed by atoms with E-state index in [1.54, 1.807) is 0 Å². The molecule has 0 bridgehead atoms. The summed E-state index contributed by atoms with van der Waals surface area (Å²) in [5.74, 6) is -0.0621. The minimum Gasteiger partial charge on any atom is -0.325 e. The van der Waals surface area contributed by atoms with Gasteiger partial charge in [-0.25, -0.2) is 0 Å². The van der Waals surface area contributed by atoms with E-state index < -0.39 is 0 Å². The molecule has 15 heavy (non-hydrogen) atoms. The summed E-state index contributed by atoms with van der Waals surface area (Å²) in [6.07, 6.45) is 1.83. The van der Waals surface area contributed by atoms with Crippen LogP contribution in [-0.2, 0) is 10.2 Å². The van der Waals surface area contributed by atoms with Crippen molar-refractivity contribution in [3.63, 3.8) is 0 Å². The maximum absolute atomic E-state index is 11.1. The molecule has 0 saturated heterocycles. The van der Waals surface area contributed by atoms with Gasteiger partial charge in [0.15, 0.2) is 0 Å². The number of rotatable bonds is 1. The van der Waals surface area contributed by atoms with Crippen molar-refractivity contribution in [2.45, 2.75) is 40.0 Å². The van der Waals surface area contributed by atoms with Crippen LogP contribution < -0.4 is 5.32 Å². The van der Waals surface area contributed by atoms with E-state index in [4.69, 9.17) is 0 Å². The van der Waals surface area contributed by atoms with Crippen molar-refractivity contribution >= 4 is 11.6 Å². The number of hydrogen-bond acceptors (Lipinski definition) is 2. The fraction of sp³-hybridized carbons (Fsp3) is 0.500. The maximum Gasteiger partial charge on any atom is 0.221 e. The zero-order chi connectivity index (χ0) is 11.6. The third-order valence-corrected chi connectivity index (χ3v) is 2.05. The van der Waals surface area contributed by atoms with Crippen molar-refractivity contribution in [1.82, 2.24) is 4.98 Å². The molecule has 0 aliphatic rings. The fourth-order valence-electron chi connectivity index (χ4n) is 1.45. The van der Waals surface area contributed by atoms with Crippen molar-refractivity contribution in [1.29, 1.82) is 0 Å². The van der Waals surface area contributed by atoms with E-state index in [0.29, 0.717) is 0 Å². The van der Waals surface area contributed by atoms with Gasteiger partial charge >= 0.3 is 0 Å². The fourth-order valence-corrected chi connectivity index (χ4v) is 1.45. The topological polar surface area (TPSA) is 42.0 Å². The predicted octanol–water partition coefficient (Wildman–Crippen LogP) is 2.65. The molecule has 0 radical (unpaired) electrons. The second kappa shape index (κ2) is 4.01. The second-order valence-corrected chi connectivity index (χ2v) is 4.84. The van der Waals surface area contributed by atoms with E-state index in [1.165, 1.54) is 6.92 Å². The van der Waals surface area contributed by atoms with Crippen molar-refractivity contribution in [3.8, 4) is 0 Å². The summed E-state index contributed by atoms with van der Waals surface area (Å²) in [7, 11) is 0. The number of amides is 1. The Morgan fingerprint density at radius 3 is 2.47 bits per heavy atom. The summed E-state index contributed by atoms with van der Waals surface area (Å²) in [6, 6.07) is 1.95. The number of carbonyl (C=O) groups excluding carboxylic acids is 1. The van der Waals surface area contributed by atoms with Crippen LogP contribution in [0.15, 0.2) is 12.3 Å². The largest absolute Gasteiger partial charge is 0.325 e. The van der Waals surface area contributed by atoms with Crippen LogP contribution in [0.2, 0.25) is 0 Å². The molecule has 3 heteroatoms. The summed E-state index contributed by atoms with van der Waals surface area (Å²) in [6.45, 7) is 9.71. The van der Waals surface area contributed by atoms with Gasteiger partial charge in [-0.1, -0.05) is 20.8 Å². The van der Waals surface area contributed by atoms with Crippen LogP contribution in [0.4, 0.5) is 5.69 Å². The molecular formula is C12H18N2O. The number of anilines is 1. The van der Waals surface area contributed by atoms with Gasteiger partial charge in [-0.3, -0.25) is 9.78 Å². The monoisotopic (exact) mass is 206 g/mol. The maximum atomic E-state index is 11.1. The molecule has 1 amide bonds. The summed E-state index contributed by atoms with van der Waals surface area (Å²) in [4.78, 5) is 15.5. The molecule has 0 fully saturated rings. The van der Waals surface area contributed by atoms with E-state index in [-0.39, 0.29) is 11.3 Å². The minimum absolute atomic E-state index is 0.0621. The van der Waals surface area contributed by atoms with Gasteiger partial charge in [0, 0.05) is 18.5 Å². The van der Waals surface area contributed by atoms with Crippen LogP contribution in [-0.4, -0.2) is 10.9 Å². The number of hydrogen-bond donors (Lipinski definition) is 1. The molecule has 82 valence electrons. The number of nitrogens with zero attached hydrogens (tertiary/aromatic N) is 1. The van der Waals surface area contributed by atoms with Gasteiger partial charge in [-0.15, -0.1) is 0 Å². The van der Waals surface area contributed by atoms with Crippen molar-refractivity contribution in [2.24, 2.45) is 0 Å². The Kier molecular flexibility index (Phi) is 3.12. The Morgan fingerprint density at radius 2 is 2.00 bits per heavy atom. The number of nitrogens with one attached hydrogen (secondary N) is 1. The highest BCUT2D eigenvalue weighted by Gasteiger charge is 2.20. The molecule has 0 aliphatic carbocycles. The Labute approximate surface area is 90.9 Å². The minimum atomic E-state index is -0.0640. The first-order valence-electron chi connectivity index (χ1n) is 5.05. The zero-order valence-corrected chi connectivity index (χ0v) is 10.0. The lowest BCUT2D eigenvalue weighted by molar-refractivity contribution is -0.114. The molecule has 1 rings (SSSR count). The highest BCUT2D eigenvalue weighted by atomic mass is 16.1. The Morgan fingerprint density at radius 1 is 1.40 bits per heavy atom. The Hall–Kier alpha value is -1.38. The molecule has 1 aromatic rings. The van der Waals surface area contributed by atoms with E-state index in [1.807, 2.05) is 19.2 Å². The van der Waals surface area contributed by atoms with Crippen LogP contribution in [0, 0.1) is 6.92 Å². The van der Waals surface area contributed by atoms with Crippen molar-refractivity contribution < 1.29 is 4.79 Å². The quantitative estimate of drug-likeness (QED) is 0.767. The van der Waals surface area contributed by atoms with Crippen LogP contribution in [0.5, 0.6) is 0 Å². The molecular weight excluding hydrogens is 188 g/mol. The smallest absolute Gasteiger partial charge is 0.221 e. The molecule has 1 N–H and O–H groups in total. The van der Waals surface area contributed by atoms with Gasteiger partial charge in [-0.05, 0) is 18.6 Å². The molecule has 0 saturated carbocycles. The number of carbonyl (C=O) groups is 1. The molecule has 0 spiro atoms. The van der Waals surface area contributed by atoms with Gasteiger partial charge in [0.1, 0.15) is 0 Å². The lowest BCUT2D eigenvalue weighted by Gasteiger charge is -2.21. The van der Waals surface area contributed by atoms with Crippen LogP contribution >= 0.6 is 0 Å². The van der Waals surface area contributed by atoms with Gasteiger partial charge in [-0.2, -0.15) is 0 Å². The second-order valence-electron chi connectivity index (χ2n) is 4.84. The average Bonchev–Trinajstić information content (AvgIpc) is 1.99. The molecule has 1 aromatic heterocycles. The lowest BCUT2D eigenvalue weighted by atomic mass is 9.90. The van der Waals surface area contributed by atoms with Crippen LogP contribution in [0.1, 0.15) is 39.0 Å². The number of aromatic nitrogens is 1. The number of pyridine rings is 1. The van der Waals surface area contributed by atoms with E-state index >= 15 is 0 Å². The average molecular weight is 206 g/mol. The highest BCUT2D eigenvalue weighted by molar-refractivity contribution is 5.89.